The number of nitrogens with one attached hydrogen (secondary N) is 1. The van der Waals surface area contributed by atoms with Gasteiger partial charge < -0.3 is 20.1 Å². The molecule has 1 unspecified atom stereocenters. The van der Waals surface area contributed by atoms with E-state index in [-0.39, 0.29) is 18.0 Å². The first-order valence-corrected chi connectivity index (χ1v) is 7.04. The van der Waals surface area contributed by atoms with Gasteiger partial charge in [0.05, 0.1) is 6.54 Å². The molecule has 1 rings (SSSR count). The quantitative estimate of drug-likeness (QED) is 0.822. The van der Waals surface area contributed by atoms with E-state index >= 15 is 0 Å². The van der Waals surface area contributed by atoms with Gasteiger partial charge in [0.25, 0.3) is 0 Å². The average molecular weight is 286 g/mol. The topological polar surface area (TPSA) is 78.9 Å². The van der Waals surface area contributed by atoms with Crippen LogP contribution in [0, 0.1) is 11.3 Å². The average Bonchev–Trinajstić information content (AvgIpc) is 2.38. The maximum absolute atomic E-state index is 12.0. The molecule has 1 aliphatic heterocycles. The largest absolute Gasteiger partial charge is 0.479 e. The molecule has 0 aromatic carbocycles. The van der Waals surface area contributed by atoms with Crippen LogP contribution in [0.5, 0.6) is 0 Å². The number of piperidine rings is 1. The Morgan fingerprint density at radius 2 is 1.90 bits per heavy atom. The Hall–Kier alpha value is -1.30. The Balaban J connectivity index is 2.38. The molecular formula is C14H26N2O4. The predicted molar refractivity (Wildman–Crippen MR) is 75.6 cm³/mol. The molecule has 0 aliphatic carbocycles. The molecule has 1 fully saturated rings. The second-order valence-corrected chi connectivity index (χ2v) is 6.38. The van der Waals surface area contributed by atoms with Crippen LogP contribution in [0.1, 0.15) is 33.6 Å². The minimum Gasteiger partial charge on any atom is -0.479 e. The molecule has 20 heavy (non-hydrogen) atoms. The summed E-state index contributed by atoms with van der Waals surface area (Å²) in [6.45, 7) is 8.11. The van der Waals surface area contributed by atoms with E-state index in [0.717, 1.165) is 25.9 Å². The number of urea groups is 1. The molecule has 1 aliphatic rings. The zero-order valence-corrected chi connectivity index (χ0v) is 12.8. The van der Waals surface area contributed by atoms with Crippen molar-refractivity contribution in [3.63, 3.8) is 0 Å². The summed E-state index contributed by atoms with van der Waals surface area (Å²) in [6.07, 6.45) is 0.985. The molecule has 0 aromatic rings. The first-order valence-electron chi connectivity index (χ1n) is 7.04. The molecule has 2 amide bonds. The third kappa shape index (κ3) is 4.67. The van der Waals surface area contributed by atoms with Crippen molar-refractivity contribution < 1.29 is 19.4 Å². The van der Waals surface area contributed by atoms with Crippen molar-refractivity contribution in [3.8, 4) is 0 Å². The summed E-state index contributed by atoms with van der Waals surface area (Å²) in [5, 5.41) is 11.5. The van der Waals surface area contributed by atoms with Crippen molar-refractivity contribution >= 4 is 12.0 Å². The van der Waals surface area contributed by atoms with Crippen LogP contribution in [0.15, 0.2) is 0 Å². The molecule has 0 radical (unpaired) electrons. The lowest BCUT2D eigenvalue weighted by atomic mass is 9.75. The number of carboxylic acid groups (broad SMARTS) is 1. The van der Waals surface area contributed by atoms with Crippen LogP contribution in [-0.4, -0.2) is 54.9 Å². The summed E-state index contributed by atoms with van der Waals surface area (Å²) in [4.78, 5) is 24.5. The van der Waals surface area contributed by atoms with Gasteiger partial charge in [-0.15, -0.1) is 0 Å². The fourth-order valence-electron chi connectivity index (χ4n) is 2.51. The van der Waals surface area contributed by atoms with Crippen LogP contribution in [0.2, 0.25) is 0 Å². The lowest BCUT2D eigenvalue weighted by molar-refractivity contribution is -0.148. The van der Waals surface area contributed by atoms with E-state index in [1.165, 1.54) is 7.11 Å². The number of carbonyl (C=O) groups is 2. The summed E-state index contributed by atoms with van der Waals surface area (Å²) in [7, 11) is 1.32. The number of likely N-dealkylation sites (tertiary alicyclic amines) is 1. The summed E-state index contributed by atoms with van der Waals surface area (Å²) in [6, 6.07) is -0.208. The number of amides is 2. The van der Waals surface area contributed by atoms with E-state index in [1.54, 1.807) is 4.90 Å². The molecule has 116 valence electrons. The smallest absolute Gasteiger partial charge is 0.334 e. The van der Waals surface area contributed by atoms with Crippen LogP contribution >= 0.6 is 0 Å². The summed E-state index contributed by atoms with van der Waals surface area (Å²) >= 11 is 0. The highest BCUT2D eigenvalue weighted by Crippen LogP contribution is 2.34. The standard InChI is InChI=1S/C14H26N2O4/c1-14(2,3)10-5-7-16(8-6-10)13(19)15-9-11(20-4)12(17)18/h10-11H,5-9H2,1-4H3,(H,15,19)(H,17,18). The lowest BCUT2D eigenvalue weighted by Gasteiger charge is -2.38. The molecule has 0 bridgehead atoms. The van der Waals surface area contributed by atoms with Crippen molar-refractivity contribution in [2.45, 2.75) is 39.7 Å². The molecule has 0 spiro atoms. The first kappa shape index (κ1) is 16.8. The molecule has 6 nitrogen and oxygen atoms in total. The third-order valence-corrected chi connectivity index (χ3v) is 4.01. The van der Waals surface area contributed by atoms with Gasteiger partial charge in [-0.3, -0.25) is 0 Å². The number of carbonyl (C=O) groups excluding carboxylic acids is 1. The Kier molecular flexibility index (Phi) is 5.80. The second kappa shape index (κ2) is 6.92. The van der Waals surface area contributed by atoms with E-state index in [4.69, 9.17) is 9.84 Å². The molecule has 0 aromatic heterocycles. The van der Waals surface area contributed by atoms with Crippen molar-refractivity contribution in [1.29, 1.82) is 0 Å². The first-order chi connectivity index (χ1) is 9.25. The predicted octanol–water partition coefficient (Wildman–Crippen LogP) is 1.55. The highest BCUT2D eigenvalue weighted by atomic mass is 16.5. The maximum atomic E-state index is 12.0. The van der Waals surface area contributed by atoms with Crippen LogP contribution in [0.4, 0.5) is 4.79 Å². The van der Waals surface area contributed by atoms with Crippen LogP contribution in [0.3, 0.4) is 0 Å². The van der Waals surface area contributed by atoms with Crippen molar-refractivity contribution in [1.82, 2.24) is 10.2 Å². The van der Waals surface area contributed by atoms with Crippen LogP contribution < -0.4 is 5.32 Å². The van der Waals surface area contributed by atoms with Gasteiger partial charge in [0.15, 0.2) is 6.10 Å². The zero-order valence-electron chi connectivity index (χ0n) is 12.8. The van der Waals surface area contributed by atoms with E-state index in [2.05, 4.69) is 26.1 Å². The van der Waals surface area contributed by atoms with Gasteiger partial charge in [0, 0.05) is 20.2 Å². The number of rotatable bonds is 4. The van der Waals surface area contributed by atoms with Crippen molar-refractivity contribution in [2.24, 2.45) is 11.3 Å². The number of aliphatic carboxylic acids is 1. The molecule has 1 heterocycles. The van der Waals surface area contributed by atoms with E-state index in [9.17, 15) is 9.59 Å². The molecule has 0 saturated carbocycles. The van der Waals surface area contributed by atoms with Crippen molar-refractivity contribution in [2.75, 3.05) is 26.7 Å². The number of methoxy groups -OCH3 is 1. The van der Waals surface area contributed by atoms with E-state index < -0.39 is 12.1 Å². The fourth-order valence-corrected chi connectivity index (χ4v) is 2.51. The summed E-state index contributed by atoms with van der Waals surface area (Å²) in [5.74, 6) is -0.448. The highest BCUT2D eigenvalue weighted by Gasteiger charge is 2.30. The van der Waals surface area contributed by atoms with Gasteiger partial charge in [0.1, 0.15) is 0 Å². The number of nitrogens with zero attached hydrogens (tertiary/aromatic N) is 1. The van der Waals surface area contributed by atoms with Gasteiger partial charge >= 0.3 is 12.0 Å². The van der Waals surface area contributed by atoms with Gasteiger partial charge in [-0.2, -0.15) is 0 Å². The maximum Gasteiger partial charge on any atom is 0.334 e. The molecule has 6 heteroatoms. The van der Waals surface area contributed by atoms with Gasteiger partial charge in [-0.1, -0.05) is 20.8 Å². The Morgan fingerprint density at radius 3 is 2.30 bits per heavy atom. The molecule has 2 N–H and O–H groups in total. The Morgan fingerprint density at radius 1 is 1.35 bits per heavy atom. The minimum absolute atomic E-state index is 0.0101. The number of hydrogen-bond donors (Lipinski definition) is 2. The second-order valence-electron chi connectivity index (χ2n) is 6.38. The Labute approximate surface area is 120 Å². The minimum atomic E-state index is -1.07. The third-order valence-electron chi connectivity index (χ3n) is 4.01. The number of hydrogen-bond acceptors (Lipinski definition) is 3. The van der Waals surface area contributed by atoms with Gasteiger partial charge in [-0.25, -0.2) is 9.59 Å². The number of ether oxygens (including phenoxy) is 1. The molecular weight excluding hydrogens is 260 g/mol. The zero-order chi connectivity index (χ0) is 15.3. The SMILES string of the molecule is COC(CNC(=O)N1CCC(C(C)(C)C)CC1)C(=O)O. The van der Waals surface area contributed by atoms with E-state index in [1.807, 2.05) is 0 Å². The summed E-state index contributed by atoms with van der Waals surface area (Å²) < 4.78 is 4.78. The van der Waals surface area contributed by atoms with Crippen LogP contribution in [0.25, 0.3) is 0 Å². The fraction of sp³-hybridized carbons (Fsp3) is 0.857. The Bertz CT molecular complexity index is 344. The lowest BCUT2D eigenvalue weighted by Crippen LogP contribution is -2.48. The number of carboxylic acids is 1. The van der Waals surface area contributed by atoms with E-state index in [0.29, 0.717) is 5.92 Å². The molecule has 1 atom stereocenters. The van der Waals surface area contributed by atoms with Crippen LogP contribution in [-0.2, 0) is 9.53 Å². The van der Waals surface area contributed by atoms with Gasteiger partial charge in [-0.05, 0) is 24.2 Å². The van der Waals surface area contributed by atoms with Crippen molar-refractivity contribution in [3.05, 3.63) is 0 Å². The summed E-state index contributed by atoms with van der Waals surface area (Å²) in [5.41, 5.74) is 0.271. The van der Waals surface area contributed by atoms with Gasteiger partial charge in [0.2, 0.25) is 0 Å². The molecule has 1 saturated heterocycles. The highest BCUT2D eigenvalue weighted by molar-refractivity contribution is 5.77. The monoisotopic (exact) mass is 286 g/mol. The normalized spacial score (nSPS) is 18.7.